The molecule has 1 aliphatic rings. The molecule has 1 saturated heterocycles. The molecule has 2 aromatic rings. The van der Waals surface area contributed by atoms with Crippen LogP contribution in [0.4, 0.5) is 0 Å². The van der Waals surface area contributed by atoms with Gasteiger partial charge in [-0.05, 0) is 31.9 Å². The summed E-state index contributed by atoms with van der Waals surface area (Å²) in [6.07, 6.45) is 2.20. The number of amides is 1. The number of rotatable bonds is 2. The van der Waals surface area contributed by atoms with Crippen LogP contribution in [0, 0.1) is 6.92 Å². The van der Waals surface area contributed by atoms with E-state index >= 15 is 0 Å². The lowest BCUT2D eigenvalue weighted by molar-refractivity contribution is 0.0796. The summed E-state index contributed by atoms with van der Waals surface area (Å²) < 4.78 is 0. The Morgan fingerprint density at radius 2 is 2.10 bits per heavy atom. The van der Waals surface area contributed by atoms with Gasteiger partial charge < -0.3 is 4.90 Å². The van der Waals surface area contributed by atoms with Gasteiger partial charge in [0.1, 0.15) is 9.88 Å². The predicted molar refractivity (Wildman–Crippen MR) is 82.4 cm³/mol. The van der Waals surface area contributed by atoms with Crippen molar-refractivity contribution in [3.63, 3.8) is 0 Å². The molecule has 3 rings (SSSR count). The number of carbonyl (C=O) groups excluding carboxylic acids is 1. The van der Waals surface area contributed by atoms with Crippen molar-refractivity contribution in [3.05, 3.63) is 39.9 Å². The molecular formula is C15H15ClN2OS. The van der Waals surface area contributed by atoms with Crippen LogP contribution in [0.5, 0.6) is 0 Å². The maximum Gasteiger partial charge on any atom is 0.265 e. The lowest BCUT2D eigenvalue weighted by Gasteiger charge is -2.13. The number of aryl methyl sites for hydroxylation is 1. The van der Waals surface area contributed by atoms with Crippen molar-refractivity contribution < 1.29 is 4.79 Å². The molecule has 2 heterocycles. The molecule has 1 aromatic heterocycles. The number of nitrogens with zero attached hydrogens (tertiary/aromatic N) is 2. The fourth-order valence-electron chi connectivity index (χ4n) is 2.40. The summed E-state index contributed by atoms with van der Waals surface area (Å²) in [7, 11) is 0. The van der Waals surface area contributed by atoms with Crippen LogP contribution < -0.4 is 0 Å². The SMILES string of the molecule is Cc1nc(-c2cccc(Cl)c2)sc1C(=O)N1CCCC1. The van der Waals surface area contributed by atoms with Crippen LogP contribution in [0.3, 0.4) is 0 Å². The van der Waals surface area contributed by atoms with Gasteiger partial charge in [-0.15, -0.1) is 11.3 Å². The zero-order valence-electron chi connectivity index (χ0n) is 11.2. The second kappa shape index (κ2) is 5.54. The third-order valence-electron chi connectivity index (χ3n) is 3.46. The zero-order chi connectivity index (χ0) is 14.1. The molecule has 0 N–H and O–H groups in total. The Balaban J connectivity index is 1.92. The van der Waals surface area contributed by atoms with Crippen molar-refractivity contribution in [1.29, 1.82) is 0 Å². The van der Waals surface area contributed by atoms with Crippen LogP contribution in [0.2, 0.25) is 5.02 Å². The summed E-state index contributed by atoms with van der Waals surface area (Å²) in [4.78, 5) is 19.6. The van der Waals surface area contributed by atoms with Gasteiger partial charge in [0.05, 0.1) is 5.69 Å². The normalized spacial score (nSPS) is 14.8. The molecule has 0 spiro atoms. The minimum atomic E-state index is 0.116. The number of aromatic nitrogens is 1. The number of benzene rings is 1. The Morgan fingerprint density at radius 3 is 2.80 bits per heavy atom. The molecule has 0 atom stereocenters. The van der Waals surface area contributed by atoms with Gasteiger partial charge >= 0.3 is 0 Å². The first-order valence-corrected chi connectivity index (χ1v) is 7.87. The molecule has 0 radical (unpaired) electrons. The van der Waals surface area contributed by atoms with Crippen LogP contribution in [0.1, 0.15) is 28.2 Å². The van der Waals surface area contributed by atoms with E-state index in [1.54, 1.807) is 0 Å². The van der Waals surface area contributed by atoms with Crippen molar-refractivity contribution in [3.8, 4) is 10.6 Å². The topological polar surface area (TPSA) is 33.2 Å². The summed E-state index contributed by atoms with van der Waals surface area (Å²) in [5.74, 6) is 0.116. The Labute approximate surface area is 127 Å². The Morgan fingerprint density at radius 1 is 1.35 bits per heavy atom. The smallest absolute Gasteiger partial charge is 0.265 e. The summed E-state index contributed by atoms with van der Waals surface area (Å²) in [6, 6.07) is 7.58. The van der Waals surface area contributed by atoms with Crippen molar-refractivity contribution in [2.24, 2.45) is 0 Å². The fraction of sp³-hybridized carbons (Fsp3) is 0.333. The second-order valence-corrected chi connectivity index (χ2v) is 6.38. The monoisotopic (exact) mass is 306 g/mol. The van der Waals surface area contributed by atoms with Crippen molar-refractivity contribution in [2.75, 3.05) is 13.1 Å². The Kier molecular flexibility index (Phi) is 3.76. The highest BCUT2D eigenvalue weighted by Crippen LogP contribution is 2.30. The Bertz CT molecular complexity index is 647. The van der Waals surface area contributed by atoms with Crippen LogP contribution in [0.25, 0.3) is 10.6 Å². The third-order valence-corrected chi connectivity index (χ3v) is 4.89. The first-order chi connectivity index (χ1) is 9.65. The number of carbonyl (C=O) groups is 1. The molecule has 1 amide bonds. The largest absolute Gasteiger partial charge is 0.338 e. The van der Waals surface area contributed by atoms with E-state index in [1.807, 2.05) is 36.1 Å². The molecule has 0 unspecified atom stereocenters. The van der Waals surface area contributed by atoms with Gasteiger partial charge in [0, 0.05) is 23.7 Å². The first kappa shape index (κ1) is 13.6. The number of halogens is 1. The summed E-state index contributed by atoms with van der Waals surface area (Å²) in [5, 5.41) is 1.54. The van der Waals surface area contributed by atoms with Crippen molar-refractivity contribution in [2.45, 2.75) is 19.8 Å². The molecule has 3 nitrogen and oxygen atoms in total. The molecule has 0 saturated carbocycles. The van der Waals surface area contributed by atoms with Crippen LogP contribution in [-0.2, 0) is 0 Å². The first-order valence-electron chi connectivity index (χ1n) is 6.68. The molecule has 1 aliphatic heterocycles. The van der Waals surface area contributed by atoms with E-state index in [-0.39, 0.29) is 5.91 Å². The van der Waals surface area contributed by atoms with Gasteiger partial charge in [-0.2, -0.15) is 0 Å². The van der Waals surface area contributed by atoms with Gasteiger partial charge in [-0.1, -0.05) is 23.7 Å². The number of likely N-dealkylation sites (tertiary alicyclic amines) is 1. The van der Waals surface area contributed by atoms with E-state index in [0.29, 0.717) is 5.02 Å². The number of thiazole rings is 1. The van der Waals surface area contributed by atoms with Crippen molar-refractivity contribution in [1.82, 2.24) is 9.88 Å². The predicted octanol–water partition coefficient (Wildman–Crippen LogP) is 4.01. The number of hydrogen-bond donors (Lipinski definition) is 0. The molecule has 104 valence electrons. The lowest BCUT2D eigenvalue weighted by Crippen LogP contribution is -2.27. The van der Waals surface area contributed by atoms with Crippen LogP contribution >= 0.6 is 22.9 Å². The Hall–Kier alpha value is -1.39. The van der Waals surface area contributed by atoms with E-state index in [9.17, 15) is 4.79 Å². The molecule has 0 bridgehead atoms. The van der Waals surface area contributed by atoms with E-state index in [1.165, 1.54) is 11.3 Å². The maximum absolute atomic E-state index is 12.4. The van der Waals surface area contributed by atoms with Gasteiger partial charge in [0.25, 0.3) is 5.91 Å². The highest BCUT2D eigenvalue weighted by molar-refractivity contribution is 7.17. The number of hydrogen-bond acceptors (Lipinski definition) is 3. The van der Waals surface area contributed by atoms with Crippen molar-refractivity contribution >= 4 is 28.8 Å². The molecule has 5 heteroatoms. The van der Waals surface area contributed by atoms with E-state index in [0.717, 1.165) is 47.1 Å². The average molecular weight is 307 g/mol. The van der Waals surface area contributed by atoms with E-state index in [2.05, 4.69) is 4.98 Å². The molecule has 1 aromatic carbocycles. The van der Waals surface area contributed by atoms with E-state index in [4.69, 9.17) is 11.6 Å². The standard InChI is InChI=1S/C15H15ClN2OS/c1-10-13(15(19)18-7-2-3-8-18)20-14(17-10)11-5-4-6-12(16)9-11/h4-6,9H,2-3,7-8H2,1H3. The highest BCUT2D eigenvalue weighted by Gasteiger charge is 2.24. The minimum Gasteiger partial charge on any atom is -0.338 e. The quantitative estimate of drug-likeness (QED) is 0.840. The highest BCUT2D eigenvalue weighted by atomic mass is 35.5. The minimum absolute atomic E-state index is 0.116. The molecule has 20 heavy (non-hydrogen) atoms. The summed E-state index contributed by atoms with van der Waals surface area (Å²) >= 11 is 7.46. The molecular weight excluding hydrogens is 292 g/mol. The average Bonchev–Trinajstić information content (AvgIpc) is 3.07. The van der Waals surface area contributed by atoms with Gasteiger partial charge in [-0.25, -0.2) is 4.98 Å². The second-order valence-electron chi connectivity index (χ2n) is 4.94. The molecule has 0 aliphatic carbocycles. The lowest BCUT2D eigenvalue weighted by atomic mass is 10.2. The summed E-state index contributed by atoms with van der Waals surface area (Å²) in [6.45, 7) is 3.62. The van der Waals surface area contributed by atoms with Gasteiger partial charge in [0.15, 0.2) is 0 Å². The fourth-order valence-corrected chi connectivity index (χ4v) is 3.62. The maximum atomic E-state index is 12.4. The zero-order valence-corrected chi connectivity index (χ0v) is 12.8. The van der Waals surface area contributed by atoms with E-state index < -0.39 is 0 Å². The van der Waals surface area contributed by atoms with Crippen LogP contribution in [0.15, 0.2) is 24.3 Å². The van der Waals surface area contributed by atoms with Gasteiger partial charge in [-0.3, -0.25) is 4.79 Å². The van der Waals surface area contributed by atoms with Gasteiger partial charge in [0.2, 0.25) is 0 Å². The molecule has 1 fully saturated rings. The van der Waals surface area contributed by atoms with Crippen LogP contribution in [-0.4, -0.2) is 28.9 Å². The third kappa shape index (κ3) is 2.58. The summed E-state index contributed by atoms with van der Waals surface area (Å²) in [5.41, 5.74) is 1.77.